The van der Waals surface area contributed by atoms with Crippen molar-refractivity contribution >= 4 is 43.5 Å². The van der Waals surface area contributed by atoms with E-state index in [0.717, 1.165) is 33.5 Å². The Morgan fingerprint density at radius 3 is 2.23 bits per heavy atom. The van der Waals surface area contributed by atoms with Gasteiger partial charge in [-0.1, -0.05) is 100 Å². The number of rotatable bonds is 3. The van der Waals surface area contributed by atoms with Crippen LogP contribution in [0.2, 0.25) is 0 Å². The van der Waals surface area contributed by atoms with Crippen molar-refractivity contribution in [2.45, 2.75) is 73.4 Å². The zero-order chi connectivity index (χ0) is 44.6. The molecule has 0 amide bonds. The Morgan fingerprint density at radius 2 is 1.49 bits per heavy atom. The van der Waals surface area contributed by atoms with E-state index < -0.39 is 26.4 Å². The van der Waals surface area contributed by atoms with Gasteiger partial charge in [0.2, 0.25) is 0 Å². The van der Waals surface area contributed by atoms with Crippen LogP contribution >= 0.6 is 0 Å². The first-order valence-electron chi connectivity index (χ1n) is 22.6. The molecular formula is C49H46IrN2O-2. The van der Waals surface area contributed by atoms with Crippen LogP contribution in [0.4, 0.5) is 0 Å². The van der Waals surface area contributed by atoms with Crippen LogP contribution in [-0.4, -0.2) is 9.97 Å². The van der Waals surface area contributed by atoms with Crippen LogP contribution in [0.3, 0.4) is 0 Å². The Morgan fingerprint density at radius 1 is 0.717 bits per heavy atom. The van der Waals surface area contributed by atoms with Crippen LogP contribution in [0.25, 0.3) is 66.0 Å². The monoisotopic (exact) mass is 881 g/mol. The van der Waals surface area contributed by atoms with Crippen molar-refractivity contribution in [3.63, 3.8) is 0 Å². The number of hydrogen-bond acceptors (Lipinski definition) is 3. The Kier molecular flexibility index (Phi) is 7.07. The summed E-state index contributed by atoms with van der Waals surface area (Å²) in [5, 5.41) is 6.59. The molecule has 4 heteroatoms. The van der Waals surface area contributed by atoms with E-state index in [0.29, 0.717) is 46.5 Å². The van der Waals surface area contributed by atoms with E-state index in [1.165, 1.54) is 41.4 Å². The van der Waals surface area contributed by atoms with Crippen LogP contribution in [0.15, 0.2) is 114 Å². The molecule has 0 N–H and O–H groups in total. The van der Waals surface area contributed by atoms with E-state index in [9.17, 15) is 1.37 Å². The van der Waals surface area contributed by atoms with E-state index >= 15 is 0 Å². The summed E-state index contributed by atoms with van der Waals surface area (Å²) in [7, 11) is 0. The summed E-state index contributed by atoms with van der Waals surface area (Å²) in [5.74, 6) is -1.06. The molecule has 5 aromatic carbocycles. The summed E-state index contributed by atoms with van der Waals surface area (Å²) in [5.41, 5.74) is 4.73. The molecule has 0 bridgehead atoms. The largest absolute Gasteiger partial charge is 0.501 e. The second-order valence-corrected chi connectivity index (χ2v) is 15.6. The van der Waals surface area contributed by atoms with E-state index in [4.69, 9.17) is 16.8 Å². The number of hydrogen-bond donors (Lipinski definition) is 0. The fourth-order valence-corrected chi connectivity index (χ4v) is 8.28. The molecule has 9 rings (SSSR count). The normalized spacial score (nSPS) is 19.4. The molecule has 0 atom stereocenters. The SMILES string of the molecule is [2H]C([2H])([2H])c1c[c-]c(-c2ccc(C([2H])([2H])[2H])cn2)cc1.[2H]C([2H])([2H])c1cnc(-c2[c-]ccc3c2oc2cc4c(ccc5ccccc54)cc23)cc1C1([2H])CC(C)(C)CC(C)(C)C1.[Ir]. The van der Waals surface area contributed by atoms with Gasteiger partial charge in [0.05, 0.1) is 5.58 Å². The van der Waals surface area contributed by atoms with Crippen molar-refractivity contribution in [3.8, 4) is 22.5 Å². The minimum atomic E-state index is -2.38. The predicted molar refractivity (Wildman–Crippen MR) is 218 cm³/mol. The molecule has 3 nitrogen and oxygen atoms in total. The van der Waals surface area contributed by atoms with Gasteiger partial charge in [-0.2, -0.15) is 0 Å². The van der Waals surface area contributed by atoms with E-state index in [2.05, 4.69) is 92.3 Å². The topological polar surface area (TPSA) is 38.9 Å². The third-order valence-corrected chi connectivity index (χ3v) is 10.0. The van der Waals surface area contributed by atoms with E-state index in [-0.39, 0.29) is 47.6 Å². The Hall–Kier alpha value is -4.63. The molecule has 8 aromatic rings. The molecular weight excluding hydrogens is 825 g/mol. The number of pyridine rings is 2. The average molecular weight is 881 g/mol. The fraction of sp³-hybridized carbons (Fsp3) is 0.265. The summed E-state index contributed by atoms with van der Waals surface area (Å²) < 4.78 is 84.8. The van der Waals surface area contributed by atoms with Gasteiger partial charge in [-0.05, 0) is 111 Å². The number of nitrogens with zero attached hydrogens (tertiary/aromatic N) is 2. The zero-order valence-corrected chi connectivity index (χ0v) is 32.5. The predicted octanol–water partition coefficient (Wildman–Crippen LogP) is 13.5. The van der Waals surface area contributed by atoms with E-state index in [1.54, 1.807) is 12.1 Å². The molecule has 1 aliphatic carbocycles. The van der Waals surface area contributed by atoms with Gasteiger partial charge in [-0.25, -0.2) is 0 Å². The van der Waals surface area contributed by atoms with Gasteiger partial charge in [0.1, 0.15) is 5.58 Å². The van der Waals surface area contributed by atoms with Gasteiger partial charge in [0.15, 0.2) is 0 Å². The molecule has 1 aliphatic rings. The quantitative estimate of drug-likeness (QED) is 0.131. The molecule has 1 saturated carbocycles. The minimum absolute atomic E-state index is 0. The Balaban J connectivity index is 0.000000239. The summed E-state index contributed by atoms with van der Waals surface area (Å²) in [6, 6.07) is 36.4. The maximum Gasteiger partial charge on any atom is 0.121 e. The molecule has 0 unspecified atom stereocenters. The summed E-state index contributed by atoms with van der Waals surface area (Å²) in [6.07, 6.45) is 4.90. The van der Waals surface area contributed by atoms with Gasteiger partial charge in [-0.3, -0.25) is 0 Å². The van der Waals surface area contributed by atoms with Crippen molar-refractivity contribution in [1.29, 1.82) is 0 Å². The smallest absolute Gasteiger partial charge is 0.121 e. The van der Waals surface area contributed by atoms with Crippen LogP contribution < -0.4 is 0 Å². The molecule has 1 fully saturated rings. The third kappa shape index (κ3) is 7.45. The van der Waals surface area contributed by atoms with Gasteiger partial charge in [0.25, 0.3) is 0 Å². The van der Waals surface area contributed by atoms with Crippen molar-refractivity contribution in [2.75, 3.05) is 0 Å². The van der Waals surface area contributed by atoms with Crippen molar-refractivity contribution in [3.05, 3.63) is 144 Å². The summed E-state index contributed by atoms with van der Waals surface area (Å²) in [4.78, 5) is 8.73. The zero-order valence-electron chi connectivity index (χ0n) is 40.1. The van der Waals surface area contributed by atoms with Gasteiger partial charge in [0, 0.05) is 51.6 Å². The van der Waals surface area contributed by atoms with Crippen LogP contribution in [0.1, 0.15) is 88.8 Å². The second-order valence-electron chi connectivity index (χ2n) is 15.6. The maximum atomic E-state index is 9.74. The molecule has 269 valence electrons. The minimum Gasteiger partial charge on any atom is -0.501 e. The van der Waals surface area contributed by atoms with Crippen LogP contribution in [0, 0.1) is 43.5 Å². The van der Waals surface area contributed by atoms with Gasteiger partial charge >= 0.3 is 0 Å². The molecule has 0 spiro atoms. The number of aryl methyl sites for hydroxylation is 3. The third-order valence-electron chi connectivity index (χ3n) is 10.0. The van der Waals surface area contributed by atoms with Gasteiger partial charge in [-0.15, -0.1) is 53.6 Å². The van der Waals surface area contributed by atoms with Crippen molar-refractivity contribution in [2.24, 2.45) is 10.8 Å². The Bertz CT molecular complexity index is 2900. The van der Waals surface area contributed by atoms with Gasteiger partial charge < -0.3 is 14.4 Å². The standard InChI is InChI=1S/C36H34NO.C13H12N.Ir/c1-22-20-37-32(16-29(22)25-18-35(2,3)21-36(4,5)19-25)28-12-8-11-27-31-15-24-14-13-23-9-6-7-10-26(23)30(24)17-33(31)38-34(27)28;1-10-3-6-12(7-4-10)13-8-5-11(2)9-14-13;/h6-11,13-17,20,25H,18-19,21H2,1-5H3;3-6,8-9H,1-2H3;/q2*-1;/i1D3,25D;1D3,2D3;. The number of benzene rings is 5. The average Bonchev–Trinajstić information content (AvgIpc) is 3.55. The molecule has 0 aliphatic heterocycles. The van der Waals surface area contributed by atoms with Crippen molar-refractivity contribution in [1.82, 2.24) is 9.97 Å². The second kappa shape index (κ2) is 14.3. The molecule has 3 aromatic heterocycles. The molecule has 1 radical (unpaired) electrons. The number of fused-ring (bicyclic) bond motifs is 6. The molecule has 53 heavy (non-hydrogen) atoms. The van der Waals surface area contributed by atoms with Crippen molar-refractivity contribution < 1.29 is 38.2 Å². The van der Waals surface area contributed by atoms with Crippen LogP contribution in [-0.2, 0) is 20.1 Å². The first-order chi connectivity index (χ1) is 28.9. The molecule has 0 saturated heterocycles. The number of furan rings is 1. The fourth-order valence-electron chi connectivity index (χ4n) is 8.28. The first kappa shape index (κ1) is 26.2. The maximum absolute atomic E-state index is 9.74. The molecule has 3 heterocycles. The summed E-state index contributed by atoms with van der Waals surface area (Å²) >= 11 is 0. The summed E-state index contributed by atoms with van der Waals surface area (Å²) in [6.45, 7) is 2.02. The first-order valence-corrected chi connectivity index (χ1v) is 17.6. The van der Waals surface area contributed by atoms with Crippen LogP contribution in [0.5, 0.6) is 0 Å². The Labute approximate surface area is 341 Å². The van der Waals surface area contributed by atoms with E-state index in [1.807, 2.05) is 24.3 Å². The number of aromatic nitrogens is 2.